The van der Waals surface area contributed by atoms with E-state index >= 15 is 0 Å². The summed E-state index contributed by atoms with van der Waals surface area (Å²) in [6.07, 6.45) is 0. The maximum atomic E-state index is 11.7. The average molecular weight is 316 g/mol. The summed E-state index contributed by atoms with van der Waals surface area (Å²) in [5.41, 5.74) is 0.902. The maximum absolute atomic E-state index is 11.7. The van der Waals surface area contributed by atoms with E-state index in [1.807, 2.05) is 6.92 Å². The van der Waals surface area contributed by atoms with Crippen molar-refractivity contribution in [3.8, 4) is 0 Å². The maximum Gasteiger partial charge on any atom is 0.321 e. The largest absolute Gasteiger partial charge is 0.328 e. The number of aryl methyl sites for hydroxylation is 1. The van der Waals surface area contributed by atoms with Crippen LogP contribution in [0, 0.1) is 17.0 Å². The SMILES string of the molecule is CCN(C)C(=O)Nc1cc([N+](=O)[O-])c(C)cc1Br. The lowest BCUT2D eigenvalue weighted by atomic mass is 10.2. The van der Waals surface area contributed by atoms with Gasteiger partial charge in [-0.2, -0.15) is 0 Å². The predicted octanol–water partition coefficient (Wildman–Crippen LogP) is 3.15. The number of amides is 2. The molecule has 0 saturated carbocycles. The second-order valence-corrected chi connectivity index (χ2v) is 4.67. The number of benzene rings is 1. The first-order chi connectivity index (χ1) is 8.36. The third-order valence-corrected chi connectivity index (χ3v) is 3.20. The van der Waals surface area contributed by atoms with E-state index in [1.54, 1.807) is 20.0 Å². The van der Waals surface area contributed by atoms with E-state index in [2.05, 4.69) is 21.2 Å². The Kier molecular flexibility index (Phi) is 4.66. The van der Waals surface area contributed by atoms with Crippen molar-refractivity contribution in [1.82, 2.24) is 4.90 Å². The zero-order valence-electron chi connectivity index (χ0n) is 10.4. The average Bonchev–Trinajstić information content (AvgIpc) is 2.30. The molecule has 1 aromatic carbocycles. The van der Waals surface area contributed by atoms with Gasteiger partial charge in [0.1, 0.15) is 0 Å². The van der Waals surface area contributed by atoms with Crippen LogP contribution >= 0.6 is 15.9 Å². The Bertz CT molecular complexity index is 491. The Morgan fingerprint density at radius 1 is 1.56 bits per heavy atom. The van der Waals surface area contributed by atoms with E-state index in [-0.39, 0.29) is 11.7 Å². The molecule has 18 heavy (non-hydrogen) atoms. The molecule has 0 aliphatic carbocycles. The van der Waals surface area contributed by atoms with Gasteiger partial charge in [-0.25, -0.2) is 4.79 Å². The molecular weight excluding hydrogens is 302 g/mol. The van der Waals surface area contributed by atoms with Gasteiger partial charge in [0, 0.05) is 29.7 Å². The summed E-state index contributed by atoms with van der Waals surface area (Å²) >= 11 is 3.27. The number of nitrogens with one attached hydrogen (secondary N) is 1. The van der Waals surface area contributed by atoms with Crippen molar-refractivity contribution in [1.29, 1.82) is 0 Å². The van der Waals surface area contributed by atoms with E-state index in [4.69, 9.17) is 0 Å². The molecule has 0 heterocycles. The van der Waals surface area contributed by atoms with Crippen LogP contribution in [0.2, 0.25) is 0 Å². The molecular formula is C11H14BrN3O3. The van der Waals surface area contributed by atoms with Crippen molar-refractivity contribution in [2.24, 2.45) is 0 Å². The van der Waals surface area contributed by atoms with E-state index in [0.29, 0.717) is 22.3 Å². The van der Waals surface area contributed by atoms with E-state index in [9.17, 15) is 14.9 Å². The highest BCUT2D eigenvalue weighted by Gasteiger charge is 2.16. The minimum Gasteiger partial charge on any atom is -0.328 e. The van der Waals surface area contributed by atoms with Crippen molar-refractivity contribution in [2.45, 2.75) is 13.8 Å². The van der Waals surface area contributed by atoms with E-state index < -0.39 is 4.92 Å². The van der Waals surface area contributed by atoms with Crippen LogP contribution in [0.3, 0.4) is 0 Å². The van der Waals surface area contributed by atoms with Crippen molar-refractivity contribution < 1.29 is 9.72 Å². The molecule has 98 valence electrons. The summed E-state index contributed by atoms with van der Waals surface area (Å²) in [4.78, 5) is 23.5. The van der Waals surface area contributed by atoms with Gasteiger partial charge in [-0.15, -0.1) is 0 Å². The van der Waals surface area contributed by atoms with Gasteiger partial charge in [0.2, 0.25) is 0 Å². The number of hydrogen-bond donors (Lipinski definition) is 1. The molecule has 0 spiro atoms. The Balaban J connectivity index is 3.06. The van der Waals surface area contributed by atoms with Gasteiger partial charge < -0.3 is 10.2 Å². The van der Waals surface area contributed by atoms with Crippen molar-refractivity contribution in [2.75, 3.05) is 18.9 Å². The monoisotopic (exact) mass is 315 g/mol. The fourth-order valence-electron chi connectivity index (χ4n) is 1.31. The summed E-state index contributed by atoms with van der Waals surface area (Å²) in [6, 6.07) is 2.65. The molecule has 0 atom stereocenters. The number of nitro groups is 1. The molecule has 1 N–H and O–H groups in total. The lowest BCUT2D eigenvalue weighted by Crippen LogP contribution is -2.31. The number of rotatable bonds is 3. The second-order valence-electron chi connectivity index (χ2n) is 3.82. The summed E-state index contributed by atoms with van der Waals surface area (Å²) in [6.45, 7) is 4.04. The van der Waals surface area contributed by atoms with Crippen LogP contribution in [0.15, 0.2) is 16.6 Å². The fourth-order valence-corrected chi connectivity index (χ4v) is 1.86. The van der Waals surface area contributed by atoms with Crippen molar-refractivity contribution in [3.63, 3.8) is 0 Å². The summed E-state index contributed by atoms with van der Waals surface area (Å²) in [7, 11) is 1.64. The Labute approximate surface area is 113 Å². The summed E-state index contributed by atoms with van der Waals surface area (Å²) in [5, 5.41) is 13.4. The van der Waals surface area contributed by atoms with Gasteiger partial charge in [0.15, 0.2) is 0 Å². The Morgan fingerprint density at radius 3 is 2.67 bits per heavy atom. The van der Waals surface area contributed by atoms with Crippen LogP contribution < -0.4 is 5.32 Å². The molecule has 6 nitrogen and oxygen atoms in total. The lowest BCUT2D eigenvalue weighted by Gasteiger charge is -2.16. The standard InChI is InChI=1S/C11H14BrN3O3/c1-4-14(3)11(16)13-9-6-10(15(17)18)7(2)5-8(9)12/h5-6H,4H2,1-3H3,(H,13,16). The molecule has 0 aliphatic heterocycles. The fraction of sp³-hybridized carbons (Fsp3) is 0.364. The van der Waals surface area contributed by atoms with Gasteiger partial charge in [0.05, 0.1) is 10.6 Å². The van der Waals surface area contributed by atoms with Crippen LogP contribution in [-0.2, 0) is 0 Å². The third kappa shape index (κ3) is 3.19. The molecule has 1 aromatic rings. The first kappa shape index (κ1) is 14.4. The lowest BCUT2D eigenvalue weighted by molar-refractivity contribution is -0.385. The highest BCUT2D eigenvalue weighted by Crippen LogP contribution is 2.30. The van der Waals surface area contributed by atoms with Gasteiger partial charge in [0.25, 0.3) is 5.69 Å². The summed E-state index contributed by atoms with van der Waals surface area (Å²) < 4.78 is 0.614. The predicted molar refractivity (Wildman–Crippen MR) is 72.9 cm³/mol. The number of anilines is 1. The molecule has 0 saturated heterocycles. The number of urea groups is 1. The van der Waals surface area contributed by atoms with E-state index in [1.165, 1.54) is 11.0 Å². The van der Waals surface area contributed by atoms with E-state index in [0.717, 1.165) is 0 Å². The first-order valence-corrected chi connectivity index (χ1v) is 6.12. The number of hydrogen-bond acceptors (Lipinski definition) is 3. The molecule has 1 rings (SSSR count). The van der Waals surface area contributed by atoms with Crippen LogP contribution in [0.4, 0.5) is 16.2 Å². The van der Waals surface area contributed by atoms with Crippen LogP contribution in [0.5, 0.6) is 0 Å². The van der Waals surface area contributed by atoms with Gasteiger partial charge in [-0.3, -0.25) is 10.1 Å². The topological polar surface area (TPSA) is 75.5 Å². The third-order valence-electron chi connectivity index (χ3n) is 2.54. The zero-order valence-corrected chi connectivity index (χ0v) is 11.9. The van der Waals surface area contributed by atoms with Gasteiger partial charge in [-0.1, -0.05) is 0 Å². The van der Waals surface area contributed by atoms with Crippen LogP contribution in [0.1, 0.15) is 12.5 Å². The molecule has 0 aromatic heterocycles. The quantitative estimate of drug-likeness (QED) is 0.687. The molecule has 7 heteroatoms. The molecule has 0 fully saturated rings. The second kappa shape index (κ2) is 5.81. The molecule has 0 aliphatic rings. The number of carbonyl (C=O) groups excluding carboxylic acids is 1. The van der Waals surface area contributed by atoms with Gasteiger partial charge >= 0.3 is 6.03 Å². The minimum atomic E-state index is -0.471. The first-order valence-electron chi connectivity index (χ1n) is 5.33. The highest BCUT2D eigenvalue weighted by molar-refractivity contribution is 9.10. The molecule has 0 unspecified atom stereocenters. The molecule has 0 radical (unpaired) electrons. The van der Waals surface area contributed by atoms with Gasteiger partial charge in [-0.05, 0) is 35.8 Å². The van der Waals surface area contributed by atoms with Crippen molar-refractivity contribution in [3.05, 3.63) is 32.3 Å². The number of nitro benzene ring substituents is 1. The highest BCUT2D eigenvalue weighted by atomic mass is 79.9. The number of carbonyl (C=O) groups is 1. The van der Waals surface area contributed by atoms with Crippen LogP contribution in [0.25, 0.3) is 0 Å². The number of nitrogens with zero attached hydrogens (tertiary/aromatic N) is 2. The molecule has 0 bridgehead atoms. The van der Waals surface area contributed by atoms with Crippen LogP contribution in [-0.4, -0.2) is 29.4 Å². The zero-order chi connectivity index (χ0) is 13.9. The molecule has 2 amide bonds. The normalized spacial score (nSPS) is 10.0. The Hall–Kier alpha value is -1.63. The van der Waals surface area contributed by atoms with Crippen molar-refractivity contribution >= 4 is 33.3 Å². The smallest absolute Gasteiger partial charge is 0.321 e. The Morgan fingerprint density at radius 2 is 2.17 bits per heavy atom. The minimum absolute atomic E-state index is 0.0207. The summed E-state index contributed by atoms with van der Waals surface area (Å²) in [5.74, 6) is 0. The number of halogens is 1.